The molecule has 0 heterocycles. The molecule has 78 valence electrons. The smallest absolute Gasteiger partial charge is 0.148 e. The molecule has 0 radical (unpaired) electrons. The molecule has 0 aromatic heterocycles. The molecule has 0 aliphatic rings. The molecule has 1 aromatic carbocycles. The van der Waals surface area contributed by atoms with Crippen molar-refractivity contribution in [1.29, 1.82) is 0 Å². The first-order valence-corrected chi connectivity index (χ1v) is 4.48. The van der Waals surface area contributed by atoms with Gasteiger partial charge in [0.2, 0.25) is 0 Å². The summed E-state index contributed by atoms with van der Waals surface area (Å²) in [6.45, 7) is -0.305. The van der Waals surface area contributed by atoms with E-state index in [0.717, 1.165) is 6.07 Å². The van der Waals surface area contributed by atoms with Crippen LogP contribution in [0.3, 0.4) is 0 Å². The average Bonchev–Trinajstić information content (AvgIpc) is 2.18. The summed E-state index contributed by atoms with van der Waals surface area (Å²) in [7, 11) is 1.31. The highest BCUT2D eigenvalue weighted by Gasteiger charge is 2.16. The van der Waals surface area contributed by atoms with E-state index in [1.54, 1.807) is 5.48 Å². The largest absolute Gasteiger partial charge is 0.495 e. The number of halogens is 3. The van der Waals surface area contributed by atoms with Gasteiger partial charge in [-0.05, 0) is 15.9 Å². The Bertz CT molecular complexity index is 347. The summed E-state index contributed by atoms with van der Waals surface area (Å²) in [6, 6.07) is 1.04. The van der Waals surface area contributed by atoms with Gasteiger partial charge in [0.25, 0.3) is 0 Å². The third kappa shape index (κ3) is 2.02. The summed E-state index contributed by atoms with van der Waals surface area (Å²) in [5, 5.41) is 8.36. The zero-order valence-electron chi connectivity index (χ0n) is 7.27. The average molecular weight is 268 g/mol. The molecular weight excluding hydrogens is 260 g/mol. The van der Waals surface area contributed by atoms with Crippen LogP contribution in [0.15, 0.2) is 10.5 Å². The van der Waals surface area contributed by atoms with Crippen molar-refractivity contribution in [2.45, 2.75) is 6.54 Å². The first-order valence-electron chi connectivity index (χ1n) is 3.69. The molecule has 0 spiro atoms. The lowest BCUT2D eigenvalue weighted by Crippen LogP contribution is -2.10. The van der Waals surface area contributed by atoms with Crippen LogP contribution < -0.4 is 10.2 Å². The zero-order chi connectivity index (χ0) is 10.7. The van der Waals surface area contributed by atoms with Crippen LogP contribution in [0.5, 0.6) is 5.75 Å². The molecule has 0 saturated heterocycles. The maximum atomic E-state index is 13.4. The van der Waals surface area contributed by atoms with Crippen LogP contribution in [0.1, 0.15) is 5.56 Å². The monoisotopic (exact) mass is 267 g/mol. The lowest BCUT2D eigenvalue weighted by Gasteiger charge is -2.09. The number of ether oxygens (including phenoxy) is 1. The first-order chi connectivity index (χ1) is 6.61. The van der Waals surface area contributed by atoms with E-state index in [2.05, 4.69) is 15.9 Å². The van der Waals surface area contributed by atoms with Gasteiger partial charge in [-0.2, -0.15) is 0 Å². The number of nitrogens with one attached hydrogen (secondary N) is 1. The summed E-state index contributed by atoms with van der Waals surface area (Å²) in [6.07, 6.45) is 0. The molecule has 0 amide bonds. The van der Waals surface area contributed by atoms with E-state index in [1.165, 1.54) is 7.11 Å². The van der Waals surface area contributed by atoms with Gasteiger partial charge in [-0.3, -0.25) is 0 Å². The Hall–Kier alpha value is -0.720. The summed E-state index contributed by atoms with van der Waals surface area (Å²) in [5.74, 6) is -1.49. The van der Waals surface area contributed by atoms with E-state index in [9.17, 15) is 8.78 Å². The predicted octanol–water partition coefficient (Wildman–Crippen LogP) is 2.21. The van der Waals surface area contributed by atoms with E-state index in [1.807, 2.05) is 0 Å². The van der Waals surface area contributed by atoms with Crippen molar-refractivity contribution >= 4 is 15.9 Å². The number of methoxy groups -OCH3 is 1. The van der Waals surface area contributed by atoms with Crippen molar-refractivity contribution < 1.29 is 18.7 Å². The third-order valence-electron chi connectivity index (χ3n) is 1.70. The quantitative estimate of drug-likeness (QED) is 0.652. The van der Waals surface area contributed by atoms with Crippen LogP contribution >= 0.6 is 15.9 Å². The first kappa shape index (κ1) is 11.4. The Kier molecular flexibility index (Phi) is 3.79. The van der Waals surface area contributed by atoms with E-state index < -0.39 is 11.6 Å². The van der Waals surface area contributed by atoms with E-state index in [4.69, 9.17) is 9.94 Å². The van der Waals surface area contributed by atoms with E-state index in [-0.39, 0.29) is 22.3 Å². The summed E-state index contributed by atoms with van der Waals surface area (Å²) < 4.78 is 31.3. The topological polar surface area (TPSA) is 41.5 Å². The molecule has 0 aliphatic heterocycles. The van der Waals surface area contributed by atoms with Crippen LogP contribution in [-0.4, -0.2) is 12.3 Å². The second-order valence-corrected chi connectivity index (χ2v) is 3.30. The molecule has 0 unspecified atom stereocenters. The fourth-order valence-electron chi connectivity index (χ4n) is 1.00. The fourth-order valence-corrected chi connectivity index (χ4v) is 1.52. The van der Waals surface area contributed by atoms with Crippen LogP contribution in [0.25, 0.3) is 0 Å². The van der Waals surface area contributed by atoms with Gasteiger partial charge >= 0.3 is 0 Å². The lowest BCUT2D eigenvalue weighted by atomic mass is 10.2. The Morgan fingerprint density at radius 1 is 1.57 bits per heavy atom. The molecule has 6 heteroatoms. The van der Waals surface area contributed by atoms with Crippen LogP contribution in [-0.2, 0) is 6.54 Å². The van der Waals surface area contributed by atoms with Crippen molar-refractivity contribution in [1.82, 2.24) is 5.48 Å². The van der Waals surface area contributed by atoms with Crippen molar-refractivity contribution in [3.63, 3.8) is 0 Å². The van der Waals surface area contributed by atoms with Gasteiger partial charge in [0.1, 0.15) is 17.4 Å². The highest BCUT2D eigenvalue weighted by molar-refractivity contribution is 9.10. The third-order valence-corrected chi connectivity index (χ3v) is 2.43. The molecular formula is C8H8BrF2NO2. The zero-order valence-corrected chi connectivity index (χ0v) is 8.86. The van der Waals surface area contributed by atoms with E-state index in [0.29, 0.717) is 0 Å². The van der Waals surface area contributed by atoms with Crippen LogP contribution in [0.4, 0.5) is 8.78 Å². The Labute approximate surface area is 87.8 Å². The van der Waals surface area contributed by atoms with Gasteiger partial charge in [-0.15, -0.1) is 0 Å². The summed E-state index contributed by atoms with van der Waals surface area (Å²) >= 11 is 2.92. The van der Waals surface area contributed by atoms with Gasteiger partial charge in [0.05, 0.1) is 18.1 Å². The summed E-state index contributed by atoms with van der Waals surface area (Å²) in [5.41, 5.74) is 1.44. The Balaban J connectivity index is 3.26. The SMILES string of the molecule is COc1cc(F)c(CNO)c(F)c1Br. The minimum atomic E-state index is -0.789. The second kappa shape index (κ2) is 4.68. The number of benzene rings is 1. The molecule has 0 saturated carbocycles. The highest BCUT2D eigenvalue weighted by atomic mass is 79.9. The lowest BCUT2D eigenvalue weighted by molar-refractivity contribution is 0.158. The second-order valence-electron chi connectivity index (χ2n) is 2.50. The molecule has 0 bridgehead atoms. The maximum Gasteiger partial charge on any atom is 0.148 e. The number of hydrogen-bond acceptors (Lipinski definition) is 3. The van der Waals surface area contributed by atoms with Crippen LogP contribution in [0.2, 0.25) is 0 Å². The number of hydrogen-bond donors (Lipinski definition) is 2. The number of hydroxylamine groups is 1. The van der Waals surface area contributed by atoms with Crippen molar-refractivity contribution in [3.8, 4) is 5.75 Å². The normalized spacial score (nSPS) is 10.4. The minimum Gasteiger partial charge on any atom is -0.495 e. The molecule has 2 N–H and O–H groups in total. The molecule has 0 aliphatic carbocycles. The maximum absolute atomic E-state index is 13.4. The van der Waals surface area contributed by atoms with E-state index >= 15 is 0 Å². The highest BCUT2D eigenvalue weighted by Crippen LogP contribution is 2.31. The fraction of sp³-hybridized carbons (Fsp3) is 0.250. The van der Waals surface area contributed by atoms with Gasteiger partial charge in [0.15, 0.2) is 0 Å². The summed E-state index contributed by atoms with van der Waals surface area (Å²) in [4.78, 5) is 0. The molecule has 1 rings (SSSR count). The van der Waals surface area contributed by atoms with Gasteiger partial charge in [0, 0.05) is 11.6 Å². The molecule has 0 atom stereocenters. The van der Waals surface area contributed by atoms with Gasteiger partial charge < -0.3 is 9.94 Å². The van der Waals surface area contributed by atoms with Gasteiger partial charge in [-0.25, -0.2) is 14.3 Å². The predicted molar refractivity (Wildman–Crippen MR) is 49.2 cm³/mol. The molecule has 3 nitrogen and oxygen atoms in total. The Morgan fingerprint density at radius 3 is 2.71 bits per heavy atom. The molecule has 1 aromatic rings. The molecule has 14 heavy (non-hydrogen) atoms. The minimum absolute atomic E-state index is 0.0339. The molecule has 0 fully saturated rings. The van der Waals surface area contributed by atoms with Crippen molar-refractivity contribution in [3.05, 3.63) is 27.7 Å². The van der Waals surface area contributed by atoms with Crippen molar-refractivity contribution in [2.75, 3.05) is 7.11 Å². The Morgan fingerprint density at radius 2 is 2.21 bits per heavy atom. The standard InChI is InChI=1S/C8H8BrF2NO2/c1-14-6-2-5(10)4(3-12-13)8(11)7(6)9/h2,12-13H,3H2,1H3. The van der Waals surface area contributed by atoms with Crippen LogP contribution in [0, 0.1) is 11.6 Å². The van der Waals surface area contributed by atoms with Gasteiger partial charge in [-0.1, -0.05) is 0 Å². The number of rotatable bonds is 3. The van der Waals surface area contributed by atoms with Crippen molar-refractivity contribution in [2.24, 2.45) is 0 Å².